The molecule has 1 aromatic carbocycles. The molecule has 2 unspecified atom stereocenters. The molecule has 4 heteroatoms. The summed E-state index contributed by atoms with van der Waals surface area (Å²) in [5.41, 5.74) is 0.280. The normalized spacial score (nSPS) is 23.4. The minimum absolute atomic E-state index is 0.290. The Balaban J connectivity index is 1.99. The van der Waals surface area contributed by atoms with Gasteiger partial charge in [0.05, 0.1) is 5.56 Å². The third-order valence-electron chi connectivity index (χ3n) is 3.35. The van der Waals surface area contributed by atoms with Gasteiger partial charge in [0.15, 0.2) is 0 Å². The van der Waals surface area contributed by atoms with E-state index in [1.807, 2.05) is 0 Å². The Morgan fingerprint density at radius 1 is 1.33 bits per heavy atom. The van der Waals surface area contributed by atoms with Crippen molar-refractivity contribution < 1.29 is 13.2 Å². The van der Waals surface area contributed by atoms with E-state index in [0.717, 1.165) is 24.6 Å². The molecule has 18 heavy (non-hydrogen) atoms. The Morgan fingerprint density at radius 3 is 2.67 bits per heavy atom. The summed E-state index contributed by atoms with van der Waals surface area (Å²) in [6, 6.07) is 6.15. The molecule has 1 nitrogen and oxygen atoms in total. The van der Waals surface area contributed by atoms with Crippen molar-refractivity contribution in [3.8, 4) is 0 Å². The first-order valence-corrected chi connectivity index (χ1v) is 6.28. The third-order valence-corrected chi connectivity index (χ3v) is 3.35. The van der Waals surface area contributed by atoms with Crippen LogP contribution >= 0.6 is 0 Å². The maximum absolute atomic E-state index is 12.6. The van der Waals surface area contributed by atoms with Crippen molar-refractivity contribution >= 4 is 0 Å². The van der Waals surface area contributed by atoms with Gasteiger partial charge < -0.3 is 5.32 Å². The van der Waals surface area contributed by atoms with E-state index in [1.54, 1.807) is 6.07 Å². The molecule has 100 valence electrons. The van der Waals surface area contributed by atoms with Crippen LogP contribution in [0.4, 0.5) is 13.2 Å². The standard InChI is InChI=1S/C14H18F3N/c1-9(2)18-8-11-7-13(11)10-4-3-5-12(6-10)14(15,16)17/h3-6,9,11,13,18H,7-8H2,1-2H3. The quantitative estimate of drug-likeness (QED) is 0.865. The average molecular weight is 257 g/mol. The number of hydrogen-bond donors (Lipinski definition) is 1. The first kappa shape index (κ1) is 13.4. The minimum Gasteiger partial charge on any atom is -0.314 e. The first-order valence-electron chi connectivity index (χ1n) is 6.28. The Kier molecular flexibility index (Phi) is 3.66. The van der Waals surface area contributed by atoms with Crippen LogP contribution in [0.3, 0.4) is 0 Å². The van der Waals surface area contributed by atoms with Crippen LogP contribution in [0.5, 0.6) is 0 Å². The van der Waals surface area contributed by atoms with E-state index >= 15 is 0 Å². The summed E-state index contributed by atoms with van der Waals surface area (Å²) in [6.07, 6.45) is -3.25. The van der Waals surface area contributed by atoms with Crippen LogP contribution in [-0.2, 0) is 6.18 Å². The molecule has 1 aliphatic rings. The minimum atomic E-state index is -4.24. The molecular weight excluding hydrogens is 239 g/mol. The zero-order valence-electron chi connectivity index (χ0n) is 10.6. The van der Waals surface area contributed by atoms with Crippen LogP contribution in [0, 0.1) is 5.92 Å². The highest BCUT2D eigenvalue weighted by Gasteiger charge is 2.39. The second-order valence-corrected chi connectivity index (χ2v) is 5.29. The fraction of sp³-hybridized carbons (Fsp3) is 0.571. The number of nitrogens with one attached hydrogen (secondary N) is 1. The van der Waals surface area contributed by atoms with Gasteiger partial charge in [0, 0.05) is 6.04 Å². The lowest BCUT2D eigenvalue weighted by molar-refractivity contribution is -0.137. The van der Waals surface area contributed by atoms with Gasteiger partial charge in [0.25, 0.3) is 0 Å². The molecule has 0 amide bonds. The molecule has 0 aromatic heterocycles. The van der Waals surface area contributed by atoms with Gasteiger partial charge in [-0.3, -0.25) is 0 Å². The predicted molar refractivity (Wildman–Crippen MR) is 65.4 cm³/mol. The molecule has 0 saturated heterocycles. The number of rotatable bonds is 4. The Labute approximate surface area is 105 Å². The molecule has 0 heterocycles. The number of benzene rings is 1. The van der Waals surface area contributed by atoms with E-state index in [2.05, 4.69) is 19.2 Å². The molecule has 2 rings (SSSR count). The number of halogens is 3. The van der Waals surface area contributed by atoms with Gasteiger partial charge in [-0.1, -0.05) is 32.0 Å². The van der Waals surface area contributed by atoms with Crippen molar-refractivity contribution in [2.75, 3.05) is 6.54 Å². The maximum atomic E-state index is 12.6. The van der Waals surface area contributed by atoms with Crippen LogP contribution < -0.4 is 5.32 Å². The molecule has 0 radical (unpaired) electrons. The van der Waals surface area contributed by atoms with Crippen molar-refractivity contribution in [1.82, 2.24) is 5.32 Å². The highest BCUT2D eigenvalue weighted by molar-refractivity contribution is 5.32. The average Bonchev–Trinajstić information content (AvgIpc) is 3.05. The largest absolute Gasteiger partial charge is 0.416 e. The fourth-order valence-electron chi connectivity index (χ4n) is 2.21. The van der Waals surface area contributed by atoms with Crippen molar-refractivity contribution in [3.05, 3.63) is 35.4 Å². The number of hydrogen-bond acceptors (Lipinski definition) is 1. The summed E-state index contributed by atoms with van der Waals surface area (Å²) in [6.45, 7) is 5.03. The lowest BCUT2D eigenvalue weighted by atomic mass is 10.1. The van der Waals surface area contributed by atoms with Crippen molar-refractivity contribution in [1.29, 1.82) is 0 Å². The Morgan fingerprint density at radius 2 is 2.06 bits per heavy atom. The summed E-state index contributed by atoms with van der Waals surface area (Å²) in [7, 11) is 0. The van der Waals surface area contributed by atoms with Crippen LogP contribution in [0.15, 0.2) is 24.3 Å². The van der Waals surface area contributed by atoms with Gasteiger partial charge in [0.1, 0.15) is 0 Å². The molecule has 1 N–H and O–H groups in total. The molecule has 1 saturated carbocycles. The van der Waals surface area contributed by atoms with Crippen LogP contribution in [-0.4, -0.2) is 12.6 Å². The van der Waals surface area contributed by atoms with E-state index in [1.165, 1.54) is 12.1 Å². The summed E-state index contributed by atoms with van der Waals surface area (Å²) < 4.78 is 37.8. The number of alkyl halides is 3. The second kappa shape index (κ2) is 4.92. The van der Waals surface area contributed by atoms with E-state index in [-0.39, 0.29) is 0 Å². The van der Waals surface area contributed by atoms with Crippen molar-refractivity contribution in [3.63, 3.8) is 0 Å². The van der Waals surface area contributed by atoms with E-state index < -0.39 is 11.7 Å². The topological polar surface area (TPSA) is 12.0 Å². The van der Waals surface area contributed by atoms with Crippen molar-refractivity contribution in [2.24, 2.45) is 5.92 Å². The van der Waals surface area contributed by atoms with Gasteiger partial charge in [0.2, 0.25) is 0 Å². The summed E-state index contributed by atoms with van der Waals surface area (Å²) >= 11 is 0. The van der Waals surface area contributed by atoms with Crippen molar-refractivity contribution in [2.45, 2.75) is 38.4 Å². The lowest BCUT2D eigenvalue weighted by Gasteiger charge is -2.09. The summed E-state index contributed by atoms with van der Waals surface area (Å²) in [5, 5.41) is 3.33. The maximum Gasteiger partial charge on any atom is 0.416 e. The SMILES string of the molecule is CC(C)NCC1CC1c1cccc(C(F)(F)F)c1. The van der Waals surface area contributed by atoms with Crippen LogP contribution in [0.2, 0.25) is 0 Å². The fourth-order valence-corrected chi connectivity index (χ4v) is 2.21. The van der Waals surface area contributed by atoms with E-state index in [4.69, 9.17) is 0 Å². The van der Waals surface area contributed by atoms with Gasteiger partial charge >= 0.3 is 6.18 Å². The van der Waals surface area contributed by atoms with Crippen LogP contribution in [0.1, 0.15) is 37.3 Å². The monoisotopic (exact) mass is 257 g/mol. The van der Waals surface area contributed by atoms with Crippen LogP contribution in [0.25, 0.3) is 0 Å². The predicted octanol–water partition coefficient (Wildman–Crippen LogP) is 3.81. The van der Waals surface area contributed by atoms with Gasteiger partial charge in [-0.05, 0) is 36.4 Å². The molecule has 0 bridgehead atoms. The molecular formula is C14H18F3N. The summed E-state index contributed by atoms with van der Waals surface area (Å²) in [5.74, 6) is 0.773. The van der Waals surface area contributed by atoms with Gasteiger partial charge in [-0.15, -0.1) is 0 Å². The lowest BCUT2D eigenvalue weighted by Crippen LogP contribution is -2.25. The molecule has 1 fully saturated rings. The Hall–Kier alpha value is -1.03. The third kappa shape index (κ3) is 3.25. The molecule has 2 atom stereocenters. The highest BCUT2D eigenvalue weighted by Crippen LogP contribution is 2.47. The smallest absolute Gasteiger partial charge is 0.314 e. The molecule has 0 spiro atoms. The zero-order chi connectivity index (χ0) is 13.3. The Bertz CT molecular complexity index is 412. The molecule has 0 aliphatic heterocycles. The van der Waals surface area contributed by atoms with E-state index in [0.29, 0.717) is 17.9 Å². The van der Waals surface area contributed by atoms with Gasteiger partial charge in [-0.25, -0.2) is 0 Å². The van der Waals surface area contributed by atoms with Gasteiger partial charge in [-0.2, -0.15) is 13.2 Å². The highest BCUT2D eigenvalue weighted by atomic mass is 19.4. The first-order chi connectivity index (χ1) is 8.38. The van der Waals surface area contributed by atoms with E-state index in [9.17, 15) is 13.2 Å². The molecule has 1 aromatic rings. The second-order valence-electron chi connectivity index (χ2n) is 5.29. The zero-order valence-corrected chi connectivity index (χ0v) is 10.6. The molecule has 1 aliphatic carbocycles. The summed E-state index contributed by atoms with van der Waals surface area (Å²) in [4.78, 5) is 0.